The zero-order chi connectivity index (χ0) is 16.4. The van der Waals surface area contributed by atoms with Crippen molar-refractivity contribution in [3.63, 3.8) is 0 Å². The number of hydrogen-bond donors (Lipinski definition) is 1. The molecule has 0 amide bonds. The van der Waals surface area contributed by atoms with Gasteiger partial charge in [0.2, 0.25) is 3.79 Å². The first-order valence-electron chi connectivity index (χ1n) is 6.52. The Morgan fingerprint density at radius 2 is 1.90 bits per heavy atom. The molecule has 0 bridgehead atoms. The standard InChI is InChI=1S/C14H17Cl3O3S/c1-4-8(3)21(20)12-9(5-2)10(13(18)19)6-7-11(12)14(15,16)17/h6-8H,4-5H2,1-3H3,(H,18,19)/t8-,21+/m1/s1. The van der Waals surface area contributed by atoms with Crippen LogP contribution in [0.2, 0.25) is 0 Å². The summed E-state index contributed by atoms with van der Waals surface area (Å²) in [4.78, 5) is 11.7. The average Bonchev–Trinajstić information content (AvgIpc) is 2.42. The molecular weight excluding hydrogens is 355 g/mol. The summed E-state index contributed by atoms with van der Waals surface area (Å²) in [6, 6.07) is 2.83. The van der Waals surface area contributed by atoms with E-state index in [0.717, 1.165) is 0 Å². The van der Waals surface area contributed by atoms with E-state index >= 15 is 0 Å². The van der Waals surface area contributed by atoms with E-state index in [1.54, 1.807) is 6.92 Å². The largest absolute Gasteiger partial charge is 0.478 e. The van der Waals surface area contributed by atoms with Crippen molar-refractivity contribution in [3.8, 4) is 0 Å². The van der Waals surface area contributed by atoms with Crippen LogP contribution in [0.4, 0.5) is 0 Å². The van der Waals surface area contributed by atoms with Crippen molar-refractivity contribution in [1.82, 2.24) is 0 Å². The van der Waals surface area contributed by atoms with Gasteiger partial charge in [0.1, 0.15) is 0 Å². The summed E-state index contributed by atoms with van der Waals surface area (Å²) < 4.78 is 11.0. The van der Waals surface area contributed by atoms with Gasteiger partial charge in [0.05, 0.1) is 21.3 Å². The van der Waals surface area contributed by atoms with Crippen LogP contribution in [-0.4, -0.2) is 20.5 Å². The molecule has 7 heteroatoms. The summed E-state index contributed by atoms with van der Waals surface area (Å²) in [5.41, 5.74) is 0.847. The van der Waals surface area contributed by atoms with E-state index in [9.17, 15) is 14.1 Å². The monoisotopic (exact) mass is 370 g/mol. The van der Waals surface area contributed by atoms with Gasteiger partial charge >= 0.3 is 5.97 Å². The summed E-state index contributed by atoms with van der Waals surface area (Å²) in [5, 5.41) is 9.13. The topological polar surface area (TPSA) is 54.4 Å². The van der Waals surface area contributed by atoms with Crippen molar-refractivity contribution >= 4 is 51.6 Å². The molecule has 1 aromatic rings. The summed E-state index contributed by atoms with van der Waals surface area (Å²) in [6.07, 6.45) is 1.07. The molecule has 0 aliphatic carbocycles. The number of halogens is 3. The van der Waals surface area contributed by atoms with E-state index < -0.39 is 20.6 Å². The van der Waals surface area contributed by atoms with Gasteiger partial charge in [0.15, 0.2) is 0 Å². The highest BCUT2D eigenvalue weighted by atomic mass is 35.6. The van der Waals surface area contributed by atoms with Crippen LogP contribution in [0.5, 0.6) is 0 Å². The van der Waals surface area contributed by atoms with Gasteiger partial charge in [-0.15, -0.1) is 0 Å². The molecule has 1 rings (SSSR count). The Labute approximate surface area is 142 Å². The lowest BCUT2D eigenvalue weighted by molar-refractivity contribution is 0.0695. The van der Waals surface area contributed by atoms with Crippen molar-refractivity contribution in [3.05, 3.63) is 28.8 Å². The van der Waals surface area contributed by atoms with Crippen LogP contribution < -0.4 is 0 Å². The van der Waals surface area contributed by atoms with Crippen LogP contribution in [0.1, 0.15) is 48.7 Å². The third-order valence-electron chi connectivity index (χ3n) is 3.29. The Bertz CT molecular complexity index is 567. The predicted molar refractivity (Wildman–Crippen MR) is 88.2 cm³/mol. The Morgan fingerprint density at radius 1 is 1.33 bits per heavy atom. The molecule has 0 unspecified atom stereocenters. The fraction of sp³-hybridized carbons (Fsp3) is 0.500. The third-order valence-corrected chi connectivity index (χ3v) is 5.84. The van der Waals surface area contributed by atoms with Crippen molar-refractivity contribution in [1.29, 1.82) is 0 Å². The Morgan fingerprint density at radius 3 is 2.29 bits per heavy atom. The summed E-state index contributed by atoms with van der Waals surface area (Å²) in [6.45, 7) is 5.52. The van der Waals surface area contributed by atoms with Gasteiger partial charge in [-0.05, 0) is 24.5 Å². The maximum Gasteiger partial charge on any atom is 0.336 e. The number of alkyl halides is 3. The lowest BCUT2D eigenvalue weighted by Gasteiger charge is -2.22. The molecule has 0 radical (unpaired) electrons. The number of carbonyl (C=O) groups is 1. The molecule has 118 valence electrons. The lowest BCUT2D eigenvalue weighted by atomic mass is 10.0. The normalized spacial score (nSPS) is 14.8. The maximum absolute atomic E-state index is 12.7. The van der Waals surface area contributed by atoms with E-state index in [-0.39, 0.29) is 16.4 Å². The van der Waals surface area contributed by atoms with E-state index in [2.05, 4.69) is 0 Å². The number of aromatic carboxylic acids is 1. The molecule has 0 aliphatic heterocycles. The summed E-state index contributed by atoms with van der Waals surface area (Å²) in [5.74, 6) is -1.08. The fourth-order valence-electron chi connectivity index (χ4n) is 1.98. The Balaban J connectivity index is 3.71. The SMILES string of the molecule is CCc1c(C(=O)O)ccc(C(Cl)(Cl)Cl)c1[S@@](=O)[C@H](C)CC. The molecule has 0 fully saturated rings. The average molecular weight is 372 g/mol. The minimum atomic E-state index is -1.75. The summed E-state index contributed by atoms with van der Waals surface area (Å²) >= 11 is 17.9. The van der Waals surface area contributed by atoms with Crippen LogP contribution in [0, 0.1) is 0 Å². The van der Waals surface area contributed by atoms with Crippen LogP contribution in [0.15, 0.2) is 17.0 Å². The van der Waals surface area contributed by atoms with Crippen molar-refractivity contribution in [2.24, 2.45) is 0 Å². The zero-order valence-corrected chi connectivity index (χ0v) is 15.0. The van der Waals surface area contributed by atoms with Gasteiger partial charge in [-0.25, -0.2) is 4.79 Å². The van der Waals surface area contributed by atoms with Gasteiger partial charge in [-0.3, -0.25) is 4.21 Å². The summed E-state index contributed by atoms with van der Waals surface area (Å²) in [7, 11) is -1.44. The Kier molecular flexibility index (Phi) is 6.54. The molecule has 0 saturated heterocycles. The second-order valence-corrected chi connectivity index (χ2v) is 8.73. The highest BCUT2D eigenvalue weighted by Crippen LogP contribution is 2.43. The maximum atomic E-state index is 12.7. The number of carboxylic acids is 1. The number of carboxylic acid groups (broad SMARTS) is 1. The van der Waals surface area contributed by atoms with Crippen LogP contribution >= 0.6 is 34.8 Å². The van der Waals surface area contributed by atoms with Gasteiger partial charge in [-0.2, -0.15) is 0 Å². The molecular formula is C14H17Cl3O3S. The van der Waals surface area contributed by atoms with Crippen molar-refractivity contribution in [2.75, 3.05) is 0 Å². The van der Waals surface area contributed by atoms with Gasteiger partial charge in [0.25, 0.3) is 0 Å². The second kappa shape index (κ2) is 7.32. The molecule has 21 heavy (non-hydrogen) atoms. The smallest absolute Gasteiger partial charge is 0.336 e. The van der Waals surface area contributed by atoms with E-state index in [4.69, 9.17) is 34.8 Å². The lowest BCUT2D eigenvalue weighted by Crippen LogP contribution is -2.19. The number of rotatable bonds is 5. The minimum Gasteiger partial charge on any atom is -0.478 e. The fourth-order valence-corrected chi connectivity index (χ4v) is 4.27. The molecule has 0 saturated carbocycles. The van der Waals surface area contributed by atoms with Crippen LogP contribution in [-0.2, 0) is 21.0 Å². The van der Waals surface area contributed by atoms with Crippen molar-refractivity contribution < 1.29 is 14.1 Å². The van der Waals surface area contributed by atoms with Gasteiger partial charge in [0, 0.05) is 10.8 Å². The first-order chi connectivity index (χ1) is 9.65. The van der Waals surface area contributed by atoms with E-state index in [1.807, 2.05) is 13.8 Å². The van der Waals surface area contributed by atoms with Gasteiger partial charge < -0.3 is 5.11 Å². The van der Waals surface area contributed by atoms with E-state index in [0.29, 0.717) is 23.3 Å². The van der Waals surface area contributed by atoms with E-state index in [1.165, 1.54) is 12.1 Å². The quantitative estimate of drug-likeness (QED) is 0.765. The highest BCUT2D eigenvalue weighted by Gasteiger charge is 2.32. The number of hydrogen-bond acceptors (Lipinski definition) is 2. The minimum absolute atomic E-state index is 0.0992. The zero-order valence-electron chi connectivity index (χ0n) is 12.0. The van der Waals surface area contributed by atoms with Crippen LogP contribution in [0.25, 0.3) is 0 Å². The second-order valence-electron chi connectivity index (χ2n) is 4.64. The van der Waals surface area contributed by atoms with Gasteiger partial charge in [-0.1, -0.05) is 61.6 Å². The molecule has 3 nitrogen and oxygen atoms in total. The molecule has 1 N–H and O–H groups in total. The predicted octanol–water partition coefficient (Wildman–Crippen LogP) is 4.68. The number of benzene rings is 1. The first-order valence-corrected chi connectivity index (χ1v) is 8.86. The molecule has 2 atom stereocenters. The van der Waals surface area contributed by atoms with Crippen LogP contribution in [0.3, 0.4) is 0 Å². The molecule has 1 aromatic carbocycles. The highest BCUT2D eigenvalue weighted by molar-refractivity contribution is 7.85. The first kappa shape index (κ1) is 18.8. The molecule has 0 aromatic heterocycles. The van der Waals surface area contributed by atoms with Crippen molar-refractivity contribution in [2.45, 2.75) is 47.6 Å². The molecule has 0 aliphatic rings. The molecule has 0 spiro atoms. The molecule has 0 heterocycles. The third kappa shape index (κ3) is 4.13. The Hall–Kier alpha value is -0.290.